The van der Waals surface area contributed by atoms with Gasteiger partial charge in [-0.1, -0.05) is 35.9 Å². The predicted molar refractivity (Wildman–Crippen MR) is 117 cm³/mol. The molecule has 1 N–H and O–H groups in total. The number of anilines is 1. The highest BCUT2D eigenvalue weighted by molar-refractivity contribution is 5.98. The molecule has 6 heteroatoms. The van der Waals surface area contributed by atoms with Gasteiger partial charge in [-0.15, -0.1) is 0 Å². The third-order valence-corrected chi connectivity index (χ3v) is 5.74. The second kappa shape index (κ2) is 9.30. The molecule has 2 aromatic carbocycles. The number of nitrogens with zero attached hydrogens (tertiary/aromatic N) is 2. The normalized spacial score (nSPS) is 19.2. The van der Waals surface area contributed by atoms with E-state index >= 15 is 0 Å². The number of urea groups is 1. The zero-order valence-electron chi connectivity index (χ0n) is 17.5. The number of hydrogen-bond acceptors (Lipinski definition) is 3. The number of benzene rings is 2. The van der Waals surface area contributed by atoms with Crippen LogP contribution in [0.5, 0.6) is 0 Å². The summed E-state index contributed by atoms with van der Waals surface area (Å²) in [7, 11) is 0. The molecule has 0 aliphatic carbocycles. The summed E-state index contributed by atoms with van der Waals surface area (Å²) in [6.07, 6.45) is 3.04. The Labute approximate surface area is 177 Å². The summed E-state index contributed by atoms with van der Waals surface area (Å²) < 4.78 is 5.57. The van der Waals surface area contributed by atoms with Crippen LogP contribution in [-0.2, 0) is 11.3 Å². The number of nitrogens with one attached hydrogen (secondary N) is 1. The molecule has 2 aromatic rings. The molecule has 2 heterocycles. The lowest BCUT2D eigenvalue weighted by atomic mass is 10.1. The first kappa shape index (κ1) is 20.4. The summed E-state index contributed by atoms with van der Waals surface area (Å²) in [5, 5.41) is 2.95. The molecule has 0 unspecified atom stereocenters. The molecule has 2 aliphatic rings. The van der Waals surface area contributed by atoms with Crippen molar-refractivity contribution in [1.82, 2.24) is 10.2 Å². The fourth-order valence-corrected chi connectivity index (χ4v) is 4.01. The van der Waals surface area contributed by atoms with E-state index in [-0.39, 0.29) is 18.0 Å². The van der Waals surface area contributed by atoms with Crippen molar-refractivity contribution in [1.29, 1.82) is 0 Å². The average Bonchev–Trinajstić information content (AvgIpc) is 3.29. The van der Waals surface area contributed by atoms with E-state index in [0.717, 1.165) is 43.7 Å². The van der Waals surface area contributed by atoms with E-state index in [4.69, 9.17) is 4.74 Å². The highest BCUT2D eigenvalue weighted by Gasteiger charge is 2.27. The number of amides is 3. The van der Waals surface area contributed by atoms with Crippen molar-refractivity contribution in [3.8, 4) is 0 Å². The van der Waals surface area contributed by atoms with Gasteiger partial charge in [0.1, 0.15) is 0 Å². The number of aryl methyl sites for hydroxylation is 1. The lowest BCUT2D eigenvalue weighted by Gasteiger charge is -2.36. The highest BCUT2D eigenvalue weighted by Crippen LogP contribution is 2.23. The van der Waals surface area contributed by atoms with Gasteiger partial charge in [0.25, 0.3) is 5.91 Å². The van der Waals surface area contributed by atoms with Gasteiger partial charge < -0.3 is 15.0 Å². The minimum absolute atomic E-state index is 0.0151. The molecule has 0 saturated carbocycles. The van der Waals surface area contributed by atoms with Crippen LogP contribution in [0.15, 0.2) is 48.5 Å². The number of ether oxygens (including phenoxy) is 1. The fraction of sp³-hybridized carbons (Fsp3) is 0.417. The summed E-state index contributed by atoms with van der Waals surface area (Å²) in [6, 6.07) is 15.6. The summed E-state index contributed by atoms with van der Waals surface area (Å²) in [5.74, 6) is -0.131. The van der Waals surface area contributed by atoms with Gasteiger partial charge in [-0.3, -0.25) is 9.69 Å². The molecule has 4 rings (SSSR count). The maximum Gasteiger partial charge on any atom is 0.324 e. The Kier molecular flexibility index (Phi) is 6.33. The van der Waals surface area contributed by atoms with E-state index in [1.807, 2.05) is 17.0 Å². The maximum atomic E-state index is 13.1. The number of carbonyl (C=O) groups is 2. The molecule has 2 fully saturated rings. The minimum atomic E-state index is -0.131. The second-order valence-corrected chi connectivity index (χ2v) is 8.09. The van der Waals surface area contributed by atoms with E-state index < -0.39 is 0 Å². The van der Waals surface area contributed by atoms with Gasteiger partial charge in [-0.2, -0.15) is 0 Å². The van der Waals surface area contributed by atoms with Crippen molar-refractivity contribution in [2.45, 2.75) is 38.8 Å². The molecular formula is C24H29N3O3. The fourth-order valence-electron chi connectivity index (χ4n) is 4.01. The summed E-state index contributed by atoms with van der Waals surface area (Å²) in [6.45, 7) is 5.34. The Bertz CT molecular complexity index is 891. The standard InChI is InChI=1S/C24H29N3O3/c1-18-8-10-19(11-9-18)17-26-12-4-13-27(24(26)29)21-6-2-5-20(15-21)23(28)25-16-22-7-3-14-30-22/h2,5-6,8-11,15,22H,3-4,7,12-14,16-17H2,1H3,(H,25,28)/t22-/m1/s1. The number of hydrogen-bond donors (Lipinski definition) is 1. The molecule has 6 nitrogen and oxygen atoms in total. The summed E-state index contributed by atoms with van der Waals surface area (Å²) in [4.78, 5) is 29.3. The largest absolute Gasteiger partial charge is 0.376 e. The zero-order chi connectivity index (χ0) is 20.9. The van der Waals surface area contributed by atoms with E-state index in [1.54, 1.807) is 17.0 Å². The smallest absolute Gasteiger partial charge is 0.324 e. The van der Waals surface area contributed by atoms with Crippen LogP contribution in [0.2, 0.25) is 0 Å². The quantitative estimate of drug-likeness (QED) is 0.794. The molecule has 0 radical (unpaired) electrons. The highest BCUT2D eigenvalue weighted by atomic mass is 16.5. The van der Waals surface area contributed by atoms with E-state index in [1.165, 1.54) is 5.56 Å². The van der Waals surface area contributed by atoms with E-state index in [0.29, 0.717) is 25.2 Å². The third-order valence-electron chi connectivity index (χ3n) is 5.74. The molecule has 2 saturated heterocycles. The predicted octanol–water partition coefficient (Wildman–Crippen LogP) is 3.74. The van der Waals surface area contributed by atoms with Gasteiger partial charge in [-0.05, 0) is 49.9 Å². The third kappa shape index (κ3) is 4.82. The van der Waals surface area contributed by atoms with Crippen molar-refractivity contribution in [2.75, 3.05) is 31.1 Å². The first-order chi connectivity index (χ1) is 14.6. The molecule has 1 atom stereocenters. The number of carbonyl (C=O) groups excluding carboxylic acids is 2. The zero-order valence-corrected chi connectivity index (χ0v) is 17.5. The van der Waals surface area contributed by atoms with E-state index in [2.05, 4.69) is 36.5 Å². The Morgan fingerprint density at radius 1 is 1.13 bits per heavy atom. The van der Waals surface area contributed by atoms with Gasteiger partial charge in [0.15, 0.2) is 0 Å². The Balaban J connectivity index is 1.42. The lowest BCUT2D eigenvalue weighted by Crippen LogP contribution is -2.49. The Morgan fingerprint density at radius 3 is 2.73 bits per heavy atom. The molecule has 0 bridgehead atoms. The average molecular weight is 408 g/mol. The summed E-state index contributed by atoms with van der Waals surface area (Å²) in [5.41, 5.74) is 3.66. The van der Waals surface area contributed by atoms with Crippen molar-refractivity contribution < 1.29 is 14.3 Å². The molecule has 158 valence electrons. The van der Waals surface area contributed by atoms with Crippen molar-refractivity contribution in [3.63, 3.8) is 0 Å². The number of rotatable bonds is 6. The van der Waals surface area contributed by atoms with Crippen LogP contribution >= 0.6 is 0 Å². The van der Waals surface area contributed by atoms with Crippen LogP contribution in [0.3, 0.4) is 0 Å². The van der Waals surface area contributed by atoms with Crippen LogP contribution in [0.1, 0.15) is 40.7 Å². The van der Waals surface area contributed by atoms with Crippen LogP contribution < -0.4 is 10.2 Å². The van der Waals surface area contributed by atoms with Gasteiger partial charge in [-0.25, -0.2) is 4.79 Å². The molecule has 2 aliphatic heterocycles. The SMILES string of the molecule is Cc1ccc(CN2CCCN(c3cccc(C(=O)NC[C@H]4CCCO4)c3)C2=O)cc1. The molecular weight excluding hydrogens is 378 g/mol. The van der Waals surface area contributed by atoms with Gasteiger partial charge in [0, 0.05) is 44.0 Å². The molecule has 30 heavy (non-hydrogen) atoms. The van der Waals surface area contributed by atoms with Crippen molar-refractivity contribution in [3.05, 3.63) is 65.2 Å². The van der Waals surface area contributed by atoms with Crippen molar-refractivity contribution >= 4 is 17.6 Å². The van der Waals surface area contributed by atoms with Crippen LogP contribution in [0, 0.1) is 6.92 Å². The second-order valence-electron chi connectivity index (χ2n) is 8.09. The van der Waals surface area contributed by atoms with E-state index in [9.17, 15) is 9.59 Å². The van der Waals surface area contributed by atoms with Crippen LogP contribution in [-0.4, -0.2) is 49.2 Å². The summed E-state index contributed by atoms with van der Waals surface area (Å²) >= 11 is 0. The van der Waals surface area contributed by atoms with Gasteiger partial charge in [0.2, 0.25) is 0 Å². The van der Waals surface area contributed by atoms with Crippen LogP contribution in [0.25, 0.3) is 0 Å². The minimum Gasteiger partial charge on any atom is -0.376 e. The first-order valence-corrected chi connectivity index (χ1v) is 10.7. The Hall–Kier alpha value is -2.86. The van der Waals surface area contributed by atoms with Gasteiger partial charge >= 0.3 is 6.03 Å². The topological polar surface area (TPSA) is 61.9 Å². The van der Waals surface area contributed by atoms with Gasteiger partial charge in [0.05, 0.1) is 6.10 Å². The van der Waals surface area contributed by atoms with Crippen LogP contribution in [0.4, 0.5) is 10.5 Å². The monoisotopic (exact) mass is 407 g/mol. The maximum absolute atomic E-state index is 13.1. The first-order valence-electron chi connectivity index (χ1n) is 10.7. The van der Waals surface area contributed by atoms with Crippen molar-refractivity contribution in [2.24, 2.45) is 0 Å². The molecule has 0 spiro atoms. The Morgan fingerprint density at radius 2 is 1.97 bits per heavy atom. The molecule has 0 aromatic heterocycles. The molecule has 3 amide bonds. The lowest BCUT2D eigenvalue weighted by molar-refractivity contribution is 0.0857.